The summed E-state index contributed by atoms with van der Waals surface area (Å²) in [4.78, 5) is 2.33. The van der Waals surface area contributed by atoms with Crippen molar-refractivity contribution in [3.8, 4) is 11.8 Å². The summed E-state index contributed by atoms with van der Waals surface area (Å²) >= 11 is 4.06. The summed E-state index contributed by atoms with van der Waals surface area (Å²) in [5.74, 6) is 6.60. The summed E-state index contributed by atoms with van der Waals surface area (Å²) < 4.78 is 5.33. The smallest absolute Gasteiger partial charge is 0.0642 e. The molecule has 0 spiro atoms. The van der Waals surface area contributed by atoms with Crippen molar-refractivity contribution in [3.05, 3.63) is 29.8 Å². The first-order valence-electron chi connectivity index (χ1n) is 5.42. The van der Waals surface area contributed by atoms with Crippen LogP contribution in [0.1, 0.15) is 5.56 Å². The zero-order valence-electron chi connectivity index (χ0n) is 9.15. The van der Waals surface area contributed by atoms with E-state index in [1.54, 1.807) is 0 Å². The minimum Gasteiger partial charge on any atom is -0.378 e. The lowest BCUT2D eigenvalue weighted by Crippen LogP contribution is -2.36. The van der Waals surface area contributed by atoms with Crippen LogP contribution >= 0.6 is 12.6 Å². The molecular formula is C13H15NOS. The highest BCUT2D eigenvalue weighted by Gasteiger charge is 2.10. The highest BCUT2D eigenvalue weighted by atomic mass is 32.1. The van der Waals surface area contributed by atoms with Crippen LogP contribution in [0, 0.1) is 11.8 Å². The van der Waals surface area contributed by atoms with Gasteiger partial charge >= 0.3 is 0 Å². The fraction of sp³-hybridized carbons (Fsp3) is 0.385. The van der Waals surface area contributed by atoms with Gasteiger partial charge in [-0.25, -0.2) is 0 Å². The molecule has 1 fully saturated rings. The van der Waals surface area contributed by atoms with E-state index in [9.17, 15) is 0 Å². The summed E-state index contributed by atoms with van der Waals surface area (Å²) in [6.45, 7) is 3.59. The average Bonchev–Trinajstić information content (AvgIpc) is 2.38. The molecule has 84 valence electrons. The van der Waals surface area contributed by atoms with E-state index in [0.717, 1.165) is 31.9 Å². The van der Waals surface area contributed by atoms with E-state index in [1.165, 1.54) is 5.69 Å². The van der Waals surface area contributed by atoms with Gasteiger partial charge in [-0.2, -0.15) is 12.6 Å². The number of hydrogen-bond donors (Lipinski definition) is 1. The first-order chi connectivity index (χ1) is 7.90. The Bertz CT molecular complexity index is 385. The Labute approximate surface area is 102 Å². The average molecular weight is 233 g/mol. The summed E-state index contributed by atoms with van der Waals surface area (Å²) in [7, 11) is 0. The maximum atomic E-state index is 5.33. The lowest BCUT2D eigenvalue weighted by atomic mass is 10.2. The molecule has 3 heteroatoms. The van der Waals surface area contributed by atoms with E-state index in [1.807, 2.05) is 0 Å². The van der Waals surface area contributed by atoms with Gasteiger partial charge in [-0.1, -0.05) is 11.8 Å². The Morgan fingerprint density at radius 2 is 1.88 bits per heavy atom. The van der Waals surface area contributed by atoms with Gasteiger partial charge < -0.3 is 9.64 Å². The molecule has 1 heterocycles. The third-order valence-corrected chi connectivity index (χ3v) is 2.71. The summed E-state index contributed by atoms with van der Waals surface area (Å²) in [6.07, 6.45) is 0. The topological polar surface area (TPSA) is 12.5 Å². The van der Waals surface area contributed by atoms with Crippen LogP contribution in [0.15, 0.2) is 24.3 Å². The molecular weight excluding hydrogens is 218 g/mol. The van der Waals surface area contributed by atoms with E-state index in [0.29, 0.717) is 5.75 Å². The van der Waals surface area contributed by atoms with Crippen LogP contribution in [0.4, 0.5) is 5.69 Å². The van der Waals surface area contributed by atoms with Gasteiger partial charge in [0.05, 0.1) is 19.0 Å². The van der Waals surface area contributed by atoms with Crippen molar-refractivity contribution in [2.45, 2.75) is 0 Å². The molecule has 1 aliphatic rings. The molecule has 2 nitrogen and oxygen atoms in total. The third-order valence-electron chi connectivity index (χ3n) is 2.56. The monoisotopic (exact) mass is 233 g/mol. The van der Waals surface area contributed by atoms with Crippen molar-refractivity contribution < 1.29 is 4.74 Å². The van der Waals surface area contributed by atoms with Crippen LogP contribution in [0.25, 0.3) is 0 Å². The highest BCUT2D eigenvalue weighted by Crippen LogP contribution is 2.16. The number of morpholine rings is 1. The van der Waals surface area contributed by atoms with E-state index in [2.05, 4.69) is 53.6 Å². The van der Waals surface area contributed by atoms with Gasteiger partial charge in [0.15, 0.2) is 0 Å². The maximum absolute atomic E-state index is 5.33. The normalized spacial score (nSPS) is 15.4. The standard InChI is InChI=1S/C13H15NOS/c16-11-1-2-12-3-5-13(6-4-12)14-7-9-15-10-8-14/h3-6,16H,7-11H2. The molecule has 0 radical (unpaired) electrons. The molecule has 0 saturated carbocycles. The fourth-order valence-corrected chi connectivity index (χ4v) is 1.80. The van der Waals surface area contributed by atoms with Crippen LogP contribution in [0.2, 0.25) is 0 Å². The Morgan fingerprint density at radius 3 is 2.50 bits per heavy atom. The van der Waals surface area contributed by atoms with Crippen molar-refractivity contribution in [1.82, 2.24) is 0 Å². The summed E-state index contributed by atoms with van der Waals surface area (Å²) in [5, 5.41) is 0. The van der Waals surface area contributed by atoms with Crippen LogP contribution < -0.4 is 4.90 Å². The quantitative estimate of drug-likeness (QED) is 0.586. The van der Waals surface area contributed by atoms with Crippen molar-refractivity contribution in [2.24, 2.45) is 0 Å². The largest absolute Gasteiger partial charge is 0.378 e. The van der Waals surface area contributed by atoms with Crippen molar-refractivity contribution in [3.63, 3.8) is 0 Å². The molecule has 0 bridgehead atoms. The lowest BCUT2D eigenvalue weighted by molar-refractivity contribution is 0.122. The molecule has 1 saturated heterocycles. The van der Waals surface area contributed by atoms with Crippen molar-refractivity contribution >= 4 is 18.3 Å². The molecule has 0 aliphatic carbocycles. The van der Waals surface area contributed by atoms with Gasteiger partial charge in [0.1, 0.15) is 0 Å². The molecule has 1 aromatic carbocycles. The van der Waals surface area contributed by atoms with E-state index in [-0.39, 0.29) is 0 Å². The molecule has 1 aliphatic heterocycles. The Hall–Kier alpha value is -1.11. The first kappa shape index (κ1) is 11.4. The predicted octanol–water partition coefficient (Wildman–Crippen LogP) is 1.80. The molecule has 0 amide bonds. The second-order valence-electron chi connectivity index (χ2n) is 3.61. The maximum Gasteiger partial charge on any atom is 0.0642 e. The van der Waals surface area contributed by atoms with Crippen LogP contribution in [0.5, 0.6) is 0 Å². The molecule has 0 atom stereocenters. The van der Waals surface area contributed by atoms with E-state index >= 15 is 0 Å². The summed E-state index contributed by atoms with van der Waals surface area (Å²) in [6, 6.07) is 8.35. The van der Waals surface area contributed by atoms with Gasteiger partial charge in [-0.05, 0) is 24.3 Å². The third kappa shape index (κ3) is 2.94. The van der Waals surface area contributed by atoms with Gasteiger partial charge in [0.2, 0.25) is 0 Å². The summed E-state index contributed by atoms with van der Waals surface area (Å²) in [5.41, 5.74) is 2.30. The SMILES string of the molecule is SCC#Cc1ccc(N2CCOCC2)cc1. The Kier molecular flexibility index (Phi) is 4.15. The van der Waals surface area contributed by atoms with E-state index in [4.69, 9.17) is 4.74 Å². The molecule has 0 unspecified atom stereocenters. The second kappa shape index (κ2) is 5.83. The van der Waals surface area contributed by atoms with E-state index < -0.39 is 0 Å². The zero-order chi connectivity index (χ0) is 11.2. The second-order valence-corrected chi connectivity index (χ2v) is 3.92. The number of ether oxygens (including phenoxy) is 1. The zero-order valence-corrected chi connectivity index (χ0v) is 10.0. The van der Waals surface area contributed by atoms with Crippen LogP contribution in [0.3, 0.4) is 0 Å². The molecule has 16 heavy (non-hydrogen) atoms. The van der Waals surface area contributed by atoms with Crippen LogP contribution in [-0.2, 0) is 4.74 Å². The number of hydrogen-bond acceptors (Lipinski definition) is 3. The number of nitrogens with zero attached hydrogens (tertiary/aromatic N) is 1. The van der Waals surface area contributed by atoms with Crippen molar-refractivity contribution in [1.29, 1.82) is 0 Å². The molecule has 0 N–H and O–H groups in total. The number of benzene rings is 1. The Morgan fingerprint density at radius 1 is 1.19 bits per heavy atom. The Balaban J connectivity index is 2.06. The van der Waals surface area contributed by atoms with Gasteiger partial charge in [-0.3, -0.25) is 0 Å². The minimum absolute atomic E-state index is 0.602. The molecule has 0 aromatic heterocycles. The van der Waals surface area contributed by atoms with Gasteiger partial charge in [0, 0.05) is 24.3 Å². The van der Waals surface area contributed by atoms with Crippen molar-refractivity contribution in [2.75, 3.05) is 37.0 Å². The fourth-order valence-electron chi connectivity index (χ4n) is 1.72. The minimum atomic E-state index is 0.602. The number of rotatable bonds is 1. The molecule has 2 rings (SSSR count). The number of thiol groups is 1. The van der Waals surface area contributed by atoms with Gasteiger partial charge in [-0.15, -0.1) is 0 Å². The first-order valence-corrected chi connectivity index (χ1v) is 6.06. The van der Waals surface area contributed by atoms with Gasteiger partial charge in [0.25, 0.3) is 0 Å². The lowest BCUT2D eigenvalue weighted by Gasteiger charge is -2.28. The molecule has 1 aromatic rings. The predicted molar refractivity (Wildman–Crippen MR) is 70.2 cm³/mol. The number of anilines is 1. The highest BCUT2D eigenvalue weighted by molar-refractivity contribution is 7.80. The van der Waals surface area contributed by atoms with Crippen LogP contribution in [-0.4, -0.2) is 32.1 Å².